The van der Waals surface area contributed by atoms with Crippen LogP contribution in [0.3, 0.4) is 0 Å². The Labute approximate surface area is 277 Å². The molecule has 2 unspecified atom stereocenters. The lowest BCUT2D eigenvalue weighted by Crippen LogP contribution is -2.13. The molecule has 0 radical (unpaired) electrons. The summed E-state index contributed by atoms with van der Waals surface area (Å²) < 4.78 is 0. The summed E-state index contributed by atoms with van der Waals surface area (Å²) in [6, 6.07) is 20.8. The Morgan fingerprint density at radius 3 is 1.65 bits per heavy atom. The van der Waals surface area contributed by atoms with E-state index in [1.807, 2.05) is 18.2 Å². The number of hydrogen-bond acceptors (Lipinski definition) is 1. The Morgan fingerprint density at radius 2 is 1.23 bits per heavy atom. The summed E-state index contributed by atoms with van der Waals surface area (Å²) in [6.07, 6.45) is 22.4. The zero-order chi connectivity index (χ0) is 33.0. The second-order valence-electron chi connectivity index (χ2n) is 11.6. The lowest BCUT2D eigenvalue weighted by molar-refractivity contribution is 0.322. The minimum atomic E-state index is 0.807. The lowest BCUT2D eigenvalue weighted by atomic mass is 9.86. The van der Waals surface area contributed by atoms with E-state index in [2.05, 4.69) is 130 Å². The molecule has 0 heterocycles. The smallest absolute Gasteiger partial charge is 0.00695 e. The van der Waals surface area contributed by atoms with Crippen LogP contribution >= 0.6 is 12.6 Å². The highest BCUT2D eigenvalue weighted by atomic mass is 32.1. The van der Waals surface area contributed by atoms with Crippen molar-refractivity contribution in [1.29, 1.82) is 0 Å². The van der Waals surface area contributed by atoms with Crippen molar-refractivity contribution < 1.29 is 0 Å². The molecule has 0 aliphatic carbocycles. The van der Waals surface area contributed by atoms with Gasteiger partial charge in [-0.2, -0.15) is 12.6 Å². The van der Waals surface area contributed by atoms with Gasteiger partial charge in [0.2, 0.25) is 0 Å². The normalized spacial score (nSPS) is 11.6. The SMILES string of the molecule is C=C.CCCC=C(CC)CCCC.CCCCCC(CCCC)C(C)CS.CCCc1ccccc1.Cc1ccccc1. The van der Waals surface area contributed by atoms with E-state index in [0.29, 0.717) is 0 Å². The second kappa shape index (κ2) is 38.3. The van der Waals surface area contributed by atoms with Crippen molar-refractivity contribution in [2.45, 2.75) is 152 Å². The molecule has 0 aliphatic rings. The third kappa shape index (κ3) is 33.0. The van der Waals surface area contributed by atoms with E-state index in [1.165, 1.54) is 107 Å². The van der Waals surface area contributed by atoms with Crippen LogP contribution in [0.5, 0.6) is 0 Å². The number of rotatable bonds is 17. The molecule has 0 saturated carbocycles. The molecule has 43 heavy (non-hydrogen) atoms. The third-order valence-electron chi connectivity index (χ3n) is 7.55. The first kappa shape index (κ1) is 45.7. The number of unbranched alkanes of at least 4 members (excludes halogenated alkanes) is 5. The fraction of sp³-hybridized carbons (Fsp3) is 0.619. The molecular weight excluding hydrogens is 537 g/mol. The summed E-state index contributed by atoms with van der Waals surface area (Å²) in [4.78, 5) is 0. The average Bonchev–Trinajstić information content (AvgIpc) is 3.05. The van der Waals surface area contributed by atoms with Crippen molar-refractivity contribution in [3.8, 4) is 0 Å². The van der Waals surface area contributed by atoms with Crippen LogP contribution in [0, 0.1) is 18.8 Å². The molecule has 0 aromatic heterocycles. The van der Waals surface area contributed by atoms with Gasteiger partial charge in [0.25, 0.3) is 0 Å². The van der Waals surface area contributed by atoms with Gasteiger partial charge in [-0.15, -0.1) is 13.2 Å². The standard InChI is InChI=1S/C13H28S.C11H22.C9H12.C7H8.C2H4/c1-4-6-8-10-13(9-7-5-2)12(3)11-14;1-4-7-9-11(6-3)10-8-5-2;1-2-6-9-7-4-3-5-8-9;1-7-5-3-2-4-6-7;1-2/h12-14H,4-11H2,1-3H3;9H,4-8,10H2,1-3H3;3-5,7-8H,2,6H2,1H3;2-6H,1H3;1-2H2. The van der Waals surface area contributed by atoms with E-state index < -0.39 is 0 Å². The van der Waals surface area contributed by atoms with Crippen molar-refractivity contribution >= 4 is 12.6 Å². The highest BCUT2D eigenvalue weighted by Crippen LogP contribution is 2.25. The van der Waals surface area contributed by atoms with Gasteiger partial charge < -0.3 is 0 Å². The number of thiol groups is 1. The Bertz CT molecular complexity index is 779. The molecule has 0 spiro atoms. The zero-order valence-electron chi connectivity index (χ0n) is 30.2. The maximum Gasteiger partial charge on any atom is -0.00695 e. The molecule has 0 N–H and O–H groups in total. The van der Waals surface area contributed by atoms with Gasteiger partial charge in [0.05, 0.1) is 0 Å². The average molecular weight is 611 g/mol. The van der Waals surface area contributed by atoms with Gasteiger partial charge in [0.1, 0.15) is 0 Å². The van der Waals surface area contributed by atoms with Crippen LogP contribution in [-0.2, 0) is 6.42 Å². The number of benzene rings is 2. The fourth-order valence-electron chi connectivity index (χ4n) is 4.63. The van der Waals surface area contributed by atoms with Crippen LogP contribution in [0.25, 0.3) is 0 Å². The second-order valence-corrected chi connectivity index (χ2v) is 11.9. The molecule has 0 nitrogen and oxygen atoms in total. The summed E-state index contributed by atoms with van der Waals surface area (Å²) in [6.45, 7) is 24.0. The molecule has 1 heteroatoms. The highest BCUT2D eigenvalue weighted by Gasteiger charge is 2.14. The molecule has 248 valence electrons. The van der Waals surface area contributed by atoms with Gasteiger partial charge in [0, 0.05) is 0 Å². The Hall–Kier alpha value is -1.73. The molecule has 2 rings (SSSR count). The number of hydrogen-bond donors (Lipinski definition) is 1. The van der Waals surface area contributed by atoms with Crippen LogP contribution in [-0.4, -0.2) is 5.75 Å². The summed E-state index contributed by atoms with van der Waals surface area (Å²) in [7, 11) is 0. The first-order chi connectivity index (χ1) is 20.9. The van der Waals surface area contributed by atoms with E-state index in [4.69, 9.17) is 0 Å². The van der Waals surface area contributed by atoms with E-state index in [0.717, 1.165) is 17.6 Å². The van der Waals surface area contributed by atoms with Gasteiger partial charge in [-0.1, -0.05) is 191 Å². The Morgan fingerprint density at radius 1 is 0.698 bits per heavy atom. The van der Waals surface area contributed by atoms with E-state index >= 15 is 0 Å². The molecule has 0 amide bonds. The predicted octanol–water partition coefficient (Wildman–Crippen LogP) is 14.7. The summed E-state index contributed by atoms with van der Waals surface area (Å²) >= 11 is 4.42. The van der Waals surface area contributed by atoms with Crippen LogP contribution in [0.1, 0.15) is 149 Å². The first-order valence-corrected chi connectivity index (χ1v) is 18.4. The quantitative estimate of drug-likeness (QED) is 0.103. The van der Waals surface area contributed by atoms with Crippen LogP contribution in [0.4, 0.5) is 0 Å². The van der Waals surface area contributed by atoms with E-state index in [1.54, 1.807) is 5.57 Å². The minimum absolute atomic E-state index is 0.807. The summed E-state index contributed by atoms with van der Waals surface area (Å²) in [5.74, 6) is 2.79. The molecule has 0 fully saturated rings. The highest BCUT2D eigenvalue weighted by molar-refractivity contribution is 7.80. The molecule has 2 aromatic rings. The lowest BCUT2D eigenvalue weighted by Gasteiger charge is -2.22. The molecular formula is C42H74S. The summed E-state index contributed by atoms with van der Waals surface area (Å²) in [5.41, 5.74) is 4.43. The third-order valence-corrected chi connectivity index (χ3v) is 8.12. The van der Waals surface area contributed by atoms with Gasteiger partial charge in [-0.05, 0) is 62.2 Å². The monoisotopic (exact) mass is 611 g/mol. The van der Waals surface area contributed by atoms with Crippen LogP contribution < -0.4 is 0 Å². The molecule has 0 bridgehead atoms. The first-order valence-electron chi connectivity index (χ1n) is 17.8. The zero-order valence-corrected chi connectivity index (χ0v) is 31.1. The van der Waals surface area contributed by atoms with Gasteiger partial charge in [-0.25, -0.2) is 0 Å². The van der Waals surface area contributed by atoms with Crippen molar-refractivity contribution in [3.05, 3.63) is 96.6 Å². The Kier molecular flexibility index (Phi) is 40.7. The van der Waals surface area contributed by atoms with Crippen LogP contribution in [0.2, 0.25) is 0 Å². The van der Waals surface area contributed by atoms with E-state index in [9.17, 15) is 0 Å². The van der Waals surface area contributed by atoms with Crippen molar-refractivity contribution in [3.63, 3.8) is 0 Å². The maximum absolute atomic E-state index is 4.42. The Balaban J connectivity index is -0.000000498. The molecule has 0 saturated heterocycles. The molecule has 2 atom stereocenters. The fourth-order valence-corrected chi connectivity index (χ4v) is 4.93. The number of aryl methyl sites for hydroxylation is 2. The minimum Gasteiger partial charge on any atom is -0.179 e. The molecule has 2 aromatic carbocycles. The van der Waals surface area contributed by atoms with Crippen LogP contribution in [0.15, 0.2) is 85.5 Å². The topological polar surface area (TPSA) is 0 Å². The van der Waals surface area contributed by atoms with Gasteiger partial charge in [0.15, 0.2) is 0 Å². The van der Waals surface area contributed by atoms with E-state index in [-0.39, 0.29) is 0 Å². The predicted molar refractivity (Wildman–Crippen MR) is 206 cm³/mol. The van der Waals surface area contributed by atoms with Crippen molar-refractivity contribution in [2.24, 2.45) is 11.8 Å². The summed E-state index contributed by atoms with van der Waals surface area (Å²) in [5, 5.41) is 0. The van der Waals surface area contributed by atoms with Crippen molar-refractivity contribution in [1.82, 2.24) is 0 Å². The van der Waals surface area contributed by atoms with Gasteiger partial charge in [-0.3, -0.25) is 0 Å². The maximum atomic E-state index is 4.42. The van der Waals surface area contributed by atoms with Crippen molar-refractivity contribution in [2.75, 3.05) is 5.75 Å². The molecule has 0 aliphatic heterocycles. The largest absolute Gasteiger partial charge is 0.179 e. The number of allylic oxidation sites excluding steroid dienone is 2. The van der Waals surface area contributed by atoms with Gasteiger partial charge >= 0.3 is 0 Å².